The Morgan fingerprint density at radius 1 is 1.33 bits per heavy atom. The maximum absolute atomic E-state index is 6.10. The highest BCUT2D eigenvalue weighted by Crippen LogP contribution is 2.27. The van der Waals surface area contributed by atoms with Gasteiger partial charge in [-0.1, -0.05) is 41.9 Å². The van der Waals surface area contributed by atoms with Gasteiger partial charge in [0.2, 0.25) is 5.88 Å². The average Bonchev–Trinajstić information content (AvgIpc) is 2.42. The molecule has 0 saturated carbocycles. The monoisotopic (exact) mass is 262 g/mol. The van der Waals surface area contributed by atoms with Gasteiger partial charge in [0.15, 0.2) is 0 Å². The van der Waals surface area contributed by atoms with E-state index in [4.69, 9.17) is 22.1 Å². The third kappa shape index (κ3) is 3.00. The number of benzene rings is 1. The van der Waals surface area contributed by atoms with E-state index in [1.54, 1.807) is 12.3 Å². The highest BCUT2D eigenvalue weighted by Gasteiger charge is 2.10. The van der Waals surface area contributed by atoms with Crippen molar-refractivity contribution in [2.45, 2.75) is 19.6 Å². The number of aromatic nitrogens is 1. The van der Waals surface area contributed by atoms with Gasteiger partial charge in [-0.2, -0.15) is 0 Å². The number of ether oxygens (including phenoxy) is 1. The van der Waals surface area contributed by atoms with E-state index in [1.165, 1.54) is 0 Å². The van der Waals surface area contributed by atoms with E-state index < -0.39 is 0 Å². The Morgan fingerprint density at radius 2 is 2.06 bits per heavy atom. The topological polar surface area (TPSA) is 48.1 Å². The molecule has 94 valence electrons. The maximum Gasteiger partial charge on any atom is 0.233 e. The number of hydrogen-bond donors (Lipinski definition) is 1. The Hall–Kier alpha value is -1.58. The Kier molecular flexibility index (Phi) is 4.18. The van der Waals surface area contributed by atoms with Crippen molar-refractivity contribution in [1.29, 1.82) is 0 Å². The van der Waals surface area contributed by atoms with E-state index >= 15 is 0 Å². The van der Waals surface area contributed by atoms with Gasteiger partial charge in [-0.25, -0.2) is 4.98 Å². The van der Waals surface area contributed by atoms with Gasteiger partial charge in [0, 0.05) is 12.7 Å². The van der Waals surface area contributed by atoms with Crippen LogP contribution >= 0.6 is 11.6 Å². The number of pyridine rings is 1. The third-order valence-corrected chi connectivity index (χ3v) is 2.93. The Bertz CT molecular complexity index is 516. The molecule has 3 nitrogen and oxygen atoms in total. The van der Waals surface area contributed by atoms with E-state index in [0.717, 1.165) is 11.1 Å². The van der Waals surface area contributed by atoms with Gasteiger partial charge in [-0.05, 0) is 24.1 Å². The summed E-state index contributed by atoms with van der Waals surface area (Å²) in [4.78, 5) is 4.18. The van der Waals surface area contributed by atoms with Crippen LogP contribution in [0.4, 0.5) is 0 Å². The van der Waals surface area contributed by atoms with Crippen molar-refractivity contribution >= 4 is 11.6 Å². The van der Waals surface area contributed by atoms with Crippen LogP contribution in [0.15, 0.2) is 42.6 Å². The highest BCUT2D eigenvalue weighted by atomic mass is 35.5. The molecule has 18 heavy (non-hydrogen) atoms. The van der Waals surface area contributed by atoms with Gasteiger partial charge in [0.25, 0.3) is 0 Å². The Balaban J connectivity index is 2.14. The first kappa shape index (κ1) is 12.9. The second-order valence-corrected chi connectivity index (χ2v) is 4.41. The van der Waals surface area contributed by atoms with Crippen molar-refractivity contribution in [2.24, 2.45) is 5.73 Å². The summed E-state index contributed by atoms with van der Waals surface area (Å²) < 4.78 is 5.75. The standard InChI is InChI=1S/C14H15ClN2O/c1-10(12-5-3-2-4-6-12)18-14-13(15)7-11(8-16)9-17-14/h2-7,9-10H,8,16H2,1H3. The fraction of sp³-hybridized carbons (Fsp3) is 0.214. The highest BCUT2D eigenvalue weighted by molar-refractivity contribution is 6.31. The number of halogens is 1. The second-order valence-electron chi connectivity index (χ2n) is 4.01. The van der Waals surface area contributed by atoms with Crippen LogP contribution < -0.4 is 10.5 Å². The van der Waals surface area contributed by atoms with Gasteiger partial charge < -0.3 is 10.5 Å². The van der Waals surface area contributed by atoms with E-state index in [0.29, 0.717) is 17.4 Å². The molecule has 1 aromatic heterocycles. The van der Waals surface area contributed by atoms with Crippen molar-refractivity contribution in [3.05, 3.63) is 58.7 Å². The summed E-state index contributed by atoms with van der Waals surface area (Å²) in [5, 5.41) is 0.487. The zero-order chi connectivity index (χ0) is 13.0. The lowest BCUT2D eigenvalue weighted by Crippen LogP contribution is -2.05. The van der Waals surface area contributed by atoms with E-state index in [9.17, 15) is 0 Å². The molecule has 0 aliphatic heterocycles. The first-order chi connectivity index (χ1) is 8.70. The van der Waals surface area contributed by atoms with Gasteiger partial charge in [-0.3, -0.25) is 0 Å². The van der Waals surface area contributed by atoms with Gasteiger partial charge in [-0.15, -0.1) is 0 Å². The lowest BCUT2D eigenvalue weighted by Gasteiger charge is -2.15. The third-order valence-electron chi connectivity index (χ3n) is 2.66. The molecule has 0 amide bonds. The van der Waals surface area contributed by atoms with Gasteiger partial charge in [0.05, 0.1) is 0 Å². The number of nitrogens with zero attached hydrogens (tertiary/aromatic N) is 1. The second kappa shape index (κ2) is 5.85. The van der Waals surface area contributed by atoms with Crippen molar-refractivity contribution in [3.63, 3.8) is 0 Å². The Morgan fingerprint density at radius 3 is 2.67 bits per heavy atom. The molecule has 1 aromatic carbocycles. The van der Waals surface area contributed by atoms with Crippen molar-refractivity contribution in [1.82, 2.24) is 4.98 Å². The zero-order valence-electron chi connectivity index (χ0n) is 10.1. The normalized spacial score (nSPS) is 12.2. The van der Waals surface area contributed by atoms with Crippen LogP contribution in [0.1, 0.15) is 24.2 Å². The smallest absolute Gasteiger partial charge is 0.233 e. The summed E-state index contributed by atoms with van der Waals surface area (Å²) in [6, 6.07) is 11.7. The van der Waals surface area contributed by atoms with Crippen LogP contribution in [0.2, 0.25) is 5.02 Å². The molecule has 2 N–H and O–H groups in total. The molecule has 0 saturated heterocycles. The van der Waals surface area contributed by atoms with Gasteiger partial charge in [0.1, 0.15) is 11.1 Å². The largest absolute Gasteiger partial charge is 0.469 e. The minimum Gasteiger partial charge on any atom is -0.469 e. The molecule has 4 heteroatoms. The molecule has 1 heterocycles. The lowest BCUT2D eigenvalue weighted by atomic mass is 10.1. The summed E-state index contributed by atoms with van der Waals surface area (Å²) in [6.07, 6.45) is 1.58. The van der Waals surface area contributed by atoms with Crippen molar-refractivity contribution in [2.75, 3.05) is 0 Å². The summed E-state index contributed by atoms with van der Waals surface area (Å²) in [7, 11) is 0. The fourth-order valence-electron chi connectivity index (χ4n) is 1.62. The molecular formula is C14H15ClN2O. The molecule has 2 rings (SSSR count). The van der Waals surface area contributed by atoms with E-state index in [-0.39, 0.29) is 6.10 Å². The van der Waals surface area contributed by atoms with E-state index in [1.807, 2.05) is 37.3 Å². The lowest BCUT2D eigenvalue weighted by molar-refractivity contribution is 0.217. The van der Waals surface area contributed by atoms with Crippen LogP contribution in [-0.2, 0) is 6.54 Å². The predicted molar refractivity (Wildman–Crippen MR) is 72.6 cm³/mol. The van der Waals surface area contributed by atoms with Crippen LogP contribution in [-0.4, -0.2) is 4.98 Å². The molecule has 0 fully saturated rings. The van der Waals surface area contributed by atoms with Gasteiger partial charge >= 0.3 is 0 Å². The SMILES string of the molecule is CC(Oc1ncc(CN)cc1Cl)c1ccccc1. The van der Waals surface area contributed by atoms with Crippen LogP contribution in [0.3, 0.4) is 0 Å². The molecule has 1 unspecified atom stereocenters. The molecule has 0 spiro atoms. The maximum atomic E-state index is 6.10. The molecule has 0 radical (unpaired) electrons. The first-order valence-electron chi connectivity index (χ1n) is 5.77. The first-order valence-corrected chi connectivity index (χ1v) is 6.14. The predicted octanol–water partition coefficient (Wildman–Crippen LogP) is 3.33. The molecule has 1 atom stereocenters. The molecule has 0 bridgehead atoms. The average molecular weight is 263 g/mol. The summed E-state index contributed by atoms with van der Waals surface area (Å²) >= 11 is 6.10. The fourth-order valence-corrected chi connectivity index (χ4v) is 1.86. The zero-order valence-corrected chi connectivity index (χ0v) is 10.9. The minimum atomic E-state index is -0.0973. The Labute approximate surface area is 112 Å². The van der Waals surface area contributed by atoms with Crippen LogP contribution in [0.5, 0.6) is 5.88 Å². The van der Waals surface area contributed by atoms with Crippen molar-refractivity contribution < 1.29 is 4.74 Å². The summed E-state index contributed by atoms with van der Waals surface area (Å²) in [6.45, 7) is 2.38. The molecule has 2 aromatic rings. The van der Waals surface area contributed by atoms with Crippen LogP contribution in [0, 0.1) is 0 Å². The van der Waals surface area contributed by atoms with Crippen LogP contribution in [0.25, 0.3) is 0 Å². The minimum absolute atomic E-state index is 0.0973. The quantitative estimate of drug-likeness (QED) is 0.919. The molecular weight excluding hydrogens is 248 g/mol. The summed E-state index contributed by atoms with van der Waals surface area (Å²) in [5.41, 5.74) is 7.49. The number of nitrogens with two attached hydrogens (primary N) is 1. The van der Waals surface area contributed by atoms with E-state index in [2.05, 4.69) is 4.98 Å². The summed E-state index contributed by atoms with van der Waals surface area (Å²) in [5.74, 6) is 0.435. The number of rotatable bonds is 4. The molecule has 0 aliphatic rings. The van der Waals surface area contributed by atoms with Crippen molar-refractivity contribution in [3.8, 4) is 5.88 Å². The number of hydrogen-bond acceptors (Lipinski definition) is 3. The molecule has 0 aliphatic carbocycles.